The molecule has 132 valence electrons. The van der Waals surface area contributed by atoms with E-state index in [-0.39, 0.29) is 5.91 Å². The number of carbonyl (C=O) groups is 1. The number of nitrogens with one attached hydrogen (secondary N) is 1. The summed E-state index contributed by atoms with van der Waals surface area (Å²) in [5, 5.41) is 3.67. The van der Waals surface area contributed by atoms with E-state index in [1.807, 2.05) is 48.5 Å². The van der Waals surface area contributed by atoms with Crippen LogP contribution < -0.4 is 14.8 Å². The topological polar surface area (TPSA) is 47.6 Å². The molecule has 1 fully saturated rings. The van der Waals surface area contributed by atoms with Crippen molar-refractivity contribution in [3.05, 3.63) is 59.1 Å². The average Bonchev–Trinajstić information content (AvgIpc) is 2.58. The molecule has 0 atom stereocenters. The molecule has 2 aromatic rings. The van der Waals surface area contributed by atoms with Gasteiger partial charge < -0.3 is 14.8 Å². The number of hydrogen-bond donors (Lipinski definition) is 1. The summed E-state index contributed by atoms with van der Waals surface area (Å²) in [4.78, 5) is 12.7. The molecule has 0 saturated heterocycles. The van der Waals surface area contributed by atoms with E-state index in [2.05, 4.69) is 5.32 Å². The number of ether oxygens (including phenoxy) is 2. The summed E-state index contributed by atoms with van der Waals surface area (Å²) < 4.78 is 10.8. The highest BCUT2D eigenvalue weighted by Gasteiger charge is 2.45. The Labute approximate surface area is 153 Å². The fourth-order valence-corrected chi connectivity index (χ4v) is 3.33. The minimum Gasteiger partial charge on any atom is -0.497 e. The van der Waals surface area contributed by atoms with Crippen molar-refractivity contribution in [3.8, 4) is 11.5 Å². The zero-order valence-corrected chi connectivity index (χ0v) is 15.0. The third-order valence-electron chi connectivity index (χ3n) is 4.73. The predicted molar refractivity (Wildman–Crippen MR) is 98.5 cm³/mol. The molecule has 25 heavy (non-hydrogen) atoms. The van der Waals surface area contributed by atoms with Crippen molar-refractivity contribution in [2.24, 2.45) is 0 Å². The zero-order chi connectivity index (χ0) is 17.7. The van der Waals surface area contributed by atoms with Gasteiger partial charge in [-0.15, -0.1) is 0 Å². The first-order chi connectivity index (χ1) is 12.1. The number of carbonyl (C=O) groups excluding carboxylic acids is 1. The van der Waals surface area contributed by atoms with Gasteiger partial charge in [0.15, 0.2) is 0 Å². The van der Waals surface area contributed by atoms with E-state index in [1.165, 1.54) is 0 Å². The van der Waals surface area contributed by atoms with Crippen LogP contribution in [0.1, 0.15) is 24.8 Å². The Kier molecular flexibility index (Phi) is 5.49. The first-order valence-electron chi connectivity index (χ1n) is 8.45. The lowest BCUT2D eigenvalue weighted by atomic mass is 9.64. The number of hydrogen-bond acceptors (Lipinski definition) is 3. The fraction of sp³-hybridized carbons (Fsp3) is 0.350. The van der Waals surface area contributed by atoms with Gasteiger partial charge in [0.2, 0.25) is 5.91 Å². The van der Waals surface area contributed by atoms with Crippen LogP contribution >= 0.6 is 11.6 Å². The maximum Gasteiger partial charge on any atom is 0.230 e. The first-order valence-corrected chi connectivity index (χ1v) is 8.83. The minimum absolute atomic E-state index is 0.0550. The highest BCUT2D eigenvalue weighted by Crippen LogP contribution is 2.44. The van der Waals surface area contributed by atoms with Crippen molar-refractivity contribution in [2.45, 2.75) is 24.7 Å². The maximum atomic E-state index is 12.7. The summed E-state index contributed by atoms with van der Waals surface area (Å²) >= 11 is 6.09. The Hall–Kier alpha value is -2.20. The molecule has 0 radical (unpaired) electrons. The monoisotopic (exact) mass is 359 g/mol. The lowest BCUT2D eigenvalue weighted by Crippen LogP contribution is -2.50. The number of rotatable bonds is 7. The summed E-state index contributed by atoms with van der Waals surface area (Å²) in [6, 6.07) is 15.0. The Morgan fingerprint density at radius 2 is 1.88 bits per heavy atom. The quantitative estimate of drug-likeness (QED) is 0.761. The highest BCUT2D eigenvalue weighted by molar-refractivity contribution is 6.30. The van der Waals surface area contributed by atoms with Gasteiger partial charge in [-0.25, -0.2) is 0 Å². The van der Waals surface area contributed by atoms with E-state index in [4.69, 9.17) is 21.1 Å². The average molecular weight is 360 g/mol. The van der Waals surface area contributed by atoms with Crippen LogP contribution in [0, 0.1) is 0 Å². The SMILES string of the molecule is COc1ccc(OCCNC(=O)C2(c3cccc(Cl)c3)CCC2)cc1. The van der Waals surface area contributed by atoms with Gasteiger partial charge in [0.05, 0.1) is 19.1 Å². The van der Waals surface area contributed by atoms with Crippen LogP contribution in [0.25, 0.3) is 0 Å². The van der Waals surface area contributed by atoms with Gasteiger partial charge in [-0.2, -0.15) is 0 Å². The molecule has 0 heterocycles. The summed E-state index contributed by atoms with van der Waals surface area (Å²) in [6.07, 6.45) is 2.78. The van der Waals surface area contributed by atoms with Gasteiger partial charge in [0.1, 0.15) is 18.1 Å². The van der Waals surface area contributed by atoms with Crippen LogP contribution in [0.15, 0.2) is 48.5 Å². The van der Waals surface area contributed by atoms with Crippen LogP contribution in [0.4, 0.5) is 0 Å². The summed E-state index contributed by atoms with van der Waals surface area (Å²) in [7, 11) is 1.63. The van der Waals surface area contributed by atoms with Crippen LogP contribution in [-0.4, -0.2) is 26.2 Å². The van der Waals surface area contributed by atoms with Gasteiger partial charge in [0, 0.05) is 5.02 Å². The van der Waals surface area contributed by atoms with E-state index >= 15 is 0 Å². The minimum atomic E-state index is -0.439. The molecule has 0 aromatic heterocycles. The van der Waals surface area contributed by atoms with Gasteiger partial charge in [-0.3, -0.25) is 4.79 Å². The largest absolute Gasteiger partial charge is 0.497 e. The normalized spacial score (nSPS) is 15.1. The van der Waals surface area contributed by atoms with Crippen LogP contribution in [0.2, 0.25) is 5.02 Å². The van der Waals surface area contributed by atoms with Crippen molar-refractivity contribution >= 4 is 17.5 Å². The second-order valence-electron chi connectivity index (χ2n) is 6.23. The Balaban J connectivity index is 1.52. The molecule has 0 spiro atoms. The van der Waals surface area contributed by atoms with Gasteiger partial charge in [-0.05, 0) is 54.8 Å². The van der Waals surface area contributed by atoms with Gasteiger partial charge in [0.25, 0.3) is 0 Å². The molecule has 0 unspecified atom stereocenters. The Bertz CT molecular complexity index is 726. The number of halogens is 1. The van der Waals surface area contributed by atoms with Crippen molar-refractivity contribution in [1.82, 2.24) is 5.32 Å². The highest BCUT2D eigenvalue weighted by atomic mass is 35.5. The van der Waals surface area contributed by atoms with Gasteiger partial charge in [-0.1, -0.05) is 30.2 Å². The van der Waals surface area contributed by atoms with E-state index in [1.54, 1.807) is 7.11 Å². The molecule has 0 bridgehead atoms. The Morgan fingerprint density at radius 1 is 1.16 bits per heavy atom. The summed E-state index contributed by atoms with van der Waals surface area (Å²) in [5.74, 6) is 1.59. The molecule has 3 rings (SSSR count). The molecule has 0 aliphatic heterocycles. The van der Waals surface area contributed by atoms with Gasteiger partial charge >= 0.3 is 0 Å². The smallest absolute Gasteiger partial charge is 0.230 e. The maximum absolute atomic E-state index is 12.7. The molecular formula is C20H22ClNO3. The second-order valence-corrected chi connectivity index (χ2v) is 6.66. The molecule has 5 heteroatoms. The lowest BCUT2D eigenvalue weighted by molar-refractivity contribution is -0.130. The van der Waals surface area contributed by atoms with E-state index in [0.29, 0.717) is 18.2 Å². The Morgan fingerprint density at radius 3 is 2.48 bits per heavy atom. The zero-order valence-electron chi connectivity index (χ0n) is 14.3. The molecule has 1 aliphatic carbocycles. The van der Waals surface area contributed by atoms with Crippen molar-refractivity contribution < 1.29 is 14.3 Å². The standard InChI is InChI=1S/C20H22ClNO3/c1-24-17-6-8-18(9-7-17)25-13-12-22-19(23)20(10-3-11-20)15-4-2-5-16(21)14-15/h2,4-9,14H,3,10-13H2,1H3,(H,22,23). The number of amides is 1. The predicted octanol–water partition coefficient (Wildman–Crippen LogP) is 3.97. The fourth-order valence-electron chi connectivity index (χ4n) is 3.14. The second kappa shape index (κ2) is 7.79. The third kappa shape index (κ3) is 3.90. The third-order valence-corrected chi connectivity index (χ3v) is 4.97. The van der Waals surface area contributed by atoms with E-state index in [0.717, 1.165) is 36.3 Å². The first kappa shape index (κ1) is 17.6. The van der Waals surface area contributed by atoms with Crippen LogP contribution in [0.3, 0.4) is 0 Å². The van der Waals surface area contributed by atoms with Crippen molar-refractivity contribution in [1.29, 1.82) is 0 Å². The molecular weight excluding hydrogens is 338 g/mol. The van der Waals surface area contributed by atoms with Crippen LogP contribution in [0.5, 0.6) is 11.5 Å². The molecule has 1 amide bonds. The number of methoxy groups -OCH3 is 1. The van der Waals surface area contributed by atoms with Crippen LogP contribution in [-0.2, 0) is 10.2 Å². The molecule has 1 N–H and O–H groups in total. The van der Waals surface area contributed by atoms with E-state index in [9.17, 15) is 4.79 Å². The van der Waals surface area contributed by atoms with E-state index < -0.39 is 5.41 Å². The molecule has 2 aromatic carbocycles. The van der Waals surface area contributed by atoms with Crippen molar-refractivity contribution in [3.63, 3.8) is 0 Å². The summed E-state index contributed by atoms with van der Waals surface area (Å²) in [6.45, 7) is 0.886. The van der Waals surface area contributed by atoms with Crippen molar-refractivity contribution in [2.75, 3.05) is 20.3 Å². The molecule has 1 aliphatic rings. The lowest BCUT2D eigenvalue weighted by Gasteiger charge is -2.40. The number of benzene rings is 2. The molecule has 1 saturated carbocycles. The summed E-state index contributed by atoms with van der Waals surface area (Å²) in [5.41, 5.74) is 0.560. The molecule has 4 nitrogen and oxygen atoms in total.